The van der Waals surface area contributed by atoms with Crippen LogP contribution in [0.1, 0.15) is 29.3 Å². The quantitative estimate of drug-likeness (QED) is 0.380. The molecule has 1 aromatic carbocycles. The third-order valence-electron chi connectivity index (χ3n) is 2.64. The molecule has 0 spiro atoms. The molecule has 7 nitrogen and oxygen atoms in total. The predicted molar refractivity (Wildman–Crippen MR) is 77.0 cm³/mol. The number of nitrogens with zero attached hydrogens (tertiary/aromatic N) is 1. The summed E-state index contributed by atoms with van der Waals surface area (Å²) in [6.45, 7) is 1.32. The topological polar surface area (TPSA) is 122 Å². The summed E-state index contributed by atoms with van der Waals surface area (Å²) < 4.78 is 0. The van der Waals surface area contributed by atoms with Crippen molar-refractivity contribution in [2.45, 2.75) is 25.8 Å². The Morgan fingerprint density at radius 1 is 1.33 bits per heavy atom. The zero-order chi connectivity index (χ0) is 15.8. The molecule has 1 amide bonds. The smallest absolute Gasteiger partial charge is 0.320 e. The van der Waals surface area contributed by atoms with E-state index in [2.05, 4.69) is 10.5 Å². The van der Waals surface area contributed by atoms with Gasteiger partial charge in [-0.1, -0.05) is 24.3 Å². The van der Waals surface area contributed by atoms with Crippen LogP contribution in [-0.4, -0.2) is 35.0 Å². The van der Waals surface area contributed by atoms with Crippen molar-refractivity contribution in [3.05, 3.63) is 35.4 Å². The Balaban J connectivity index is 2.57. The molecule has 1 atom stereocenters. The molecule has 112 valence electrons. The summed E-state index contributed by atoms with van der Waals surface area (Å²) in [6.07, 6.45) is 1.58. The second-order valence-electron chi connectivity index (χ2n) is 4.45. The lowest BCUT2D eigenvalue weighted by Crippen LogP contribution is -2.32. The number of hydrazone groups is 1. The van der Waals surface area contributed by atoms with Crippen LogP contribution in [0, 0.1) is 0 Å². The Bertz CT molecular complexity index is 552. The molecule has 0 saturated carbocycles. The fourth-order valence-corrected chi connectivity index (χ4v) is 1.55. The van der Waals surface area contributed by atoms with Crippen LogP contribution in [0.5, 0.6) is 0 Å². The maximum Gasteiger partial charge on any atom is 0.320 e. The van der Waals surface area contributed by atoms with E-state index < -0.39 is 12.0 Å². The molecule has 4 N–H and O–H groups in total. The first-order valence-electron chi connectivity index (χ1n) is 6.28. The van der Waals surface area contributed by atoms with Gasteiger partial charge in [-0.15, -0.1) is 0 Å². The third kappa shape index (κ3) is 5.96. The van der Waals surface area contributed by atoms with Crippen molar-refractivity contribution in [1.82, 2.24) is 5.43 Å². The molecule has 0 aliphatic heterocycles. The number of nitrogens with one attached hydrogen (secondary N) is 1. The molecule has 0 bridgehead atoms. The zero-order valence-corrected chi connectivity index (χ0v) is 11.6. The van der Waals surface area contributed by atoms with E-state index in [1.165, 1.54) is 13.1 Å². The van der Waals surface area contributed by atoms with Crippen LogP contribution in [0.25, 0.3) is 0 Å². The number of amides is 1. The lowest BCUT2D eigenvalue weighted by Gasteiger charge is -2.06. The minimum absolute atomic E-state index is 0.0638. The molecular weight excluding hydrogens is 274 g/mol. The highest BCUT2D eigenvalue weighted by atomic mass is 16.4. The lowest BCUT2D eigenvalue weighted by atomic mass is 10.0. The Morgan fingerprint density at radius 2 is 1.95 bits per heavy atom. The maximum absolute atomic E-state index is 11.8. The highest BCUT2D eigenvalue weighted by molar-refractivity contribution is 6.03. The molecule has 0 aliphatic rings. The fraction of sp³-hybridized carbons (Fsp3) is 0.286. The van der Waals surface area contributed by atoms with Crippen molar-refractivity contribution in [1.29, 1.82) is 0 Å². The van der Waals surface area contributed by atoms with Gasteiger partial charge >= 0.3 is 5.97 Å². The summed E-state index contributed by atoms with van der Waals surface area (Å²) in [5.41, 5.74) is 8.86. The number of nitrogens with two attached hydrogens (primary N) is 1. The second kappa shape index (κ2) is 7.91. The molecule has 0 radical (unpaired) electrons. The van der Waals surface area contributed by atoms with Gasteiger partial charge in [0.2, 0.25) is 5.91 Å². The molecule has 21 heavy (non-hydrogen) atoms. The number of benzene rings is 1. The summed E-state index contributed by atoms with van der Waals surface area (Å²) in [5.74, 6) is -1.53. The Kier molecular flexibility index (Phi) is 6.22. The number of carbonyl (C=O) groups excluding carboxylic acids is 2. The molecule has 1 unspecified atom stereocenters. The van der Waals surface area contributed by atoms with Crippen molar-refractivity contribution >= 4 is 23.9 Å². The molecule has 1 aromatic rings. The second-order valence-corrected chi connectivity index (χ2v) is 4.45. The summed E-state index contributed by atoms with van der Waals surface area (Å²) in [6, 6.07) is 5.59. The van der Waals surface area contributed by atoms with Crippen LogP contribution in [-0.2, 0) is 16.0 Å². The number of hydrogen-bond donors (Lipinski definition) is 3. The number of carboxylic acids is 1. The van der Waals surface area contributed by atoms with Gasteiger partial charge in [-0.3, -0.25) is 14.4 Å². The summed E-state index contributed by atoms with van der Waals surface area (Å²) in [5, 5.41) is 12.3. The molecule has 7 heteroatoms. The van der Waals surface area contributed by atoms with E-state index >= 15 is 0 Å². The highest BCUT2D eigenvalue weighted by Gasteiger charge is 2.12. The molecule has 0 heterocycles. The van der Waals surface area contributed by atoms with Crippen LogP contribution < -0.4 is 11.2 Å². The van der Waals surface area contributed by atoms with E-state index in [0.717, 1.165) is 5.56 Å². The van der Waals surface area contributed by atoms with Crippen molar-refractivity contribution in [3.8, 4) is 0 Å². The van der Waals surface area contributed by atoms with Gasteiger partial charge in [-0.25, -0.2) is 5.43 Å². The van der Waals surface area contributed by atoms with E-state index in [1.54, 1.807) is 24.3 Å². The maximum atomic E-state index is 11.8. The number of carboxylic acid groups (broad SMARTS) is 1. The summed E-state index contributed by atoms with van der Waals surface area (Å²) >= 11 is 0. The average Bonchev–Trinajstić information content (AvgIpc) is 2.43. The normalized spacial score (nSPS) is 12.1. The van der Waals surface area contributed by atoms with E-state index in [-0.39, 0.29) is 24.5 Å². The predicted octanol–water partition coefficient (Wildman–Crippen LogP) is 0.336. The largest absolute Gasteiger partial charge is 0.480 e. The van der Waals surface area contributed by atoms with Crippen molar-refractivity contribution < 1.29 is 19.5 Å². The van der Waals surface area contributed by atoms with E-state index in [1.807, 2.05) is 0 Å². The van der Waals surface area contributed by atoms with Crippen LogP contribution in [0.15, 0.2) is 29.4 Å². The SMILES string of the molecule is CC(=O)N/N=C/CC(=O)c1ccc(CC(N)C(=O)O)cc1. The molecule has 1 rings (SSSR count). The molecule has 0 saturated heterocycles. The van der Waals surface area contributed by atoms with E-state index in [4.69, 9.17) is 10.8 Å². The first-order valence-corrected chi connectivity index (χ1v) is 6.28. The Morgan fingerprint density at radius 3 is 2.48 bits per heavy atom. The number of ketones is 1. The van der Waals surface area contributed by atoms with Gasteiger partial charge in [0.1, 0.15) is 6.04 Å². The fourth-order valence-electron chi connectivity index (χ4n) is 1.55. The number of rotatable bonds is 7. The highest BCUT2D eigenvalue weighted by Crippen LogP contribution is 2.08. The zero-order valence-electron chi connectivity index (χ0n) is 11.6. The Labute approximate surface area is 121 Å². The monoisotopic (exact) mass is 291 g/mol. The van der Waals surface area contributed by atoms with Crippen LogP contribution in [0.3, 0.4) is 0 Å². The lowest BCUT2D eigenvalue weighted by molar-refractivity contribution is -0.138. The molecular formula is C14H17N3O4. The number of hydrogen-bond acceptors (Lipinski definition) is 5. The van der Waals surface area contributed by atoms with E-state index in [9.17, 15) is 14.4 Å². The minimum atomic E-state index is -1.07. The first-order chi connectivity index (χ1) is 9.90. The molecule has 0 fully saturated rings. The number of carbonyl (C=O) groups is 3. The van der Waals surface area contributed by atoms with Crippen molar-refractivity contribution in [3.63, 3.8) is 0 Å². The van der Waals surface area contributed by atoms with Crippen LogP contribution >= 0.6 is 0 Å². The van der Waals surface area contributed by atoms with Gasteiger partial charge < -0.3 is 10.8 Å². The van der Waals surface area contributed by atoms with Crippen LogP contribution in [0.4, 0.5) is 0 Å². The molecule has 0 aromatic heterocycles. The van der Waals surface area contributed by atoms with Crippen molar-refractivity contribution in [2.24, 2.45) is 10.8 Å². The third-order valence-corrected chi connectivity index (χ3v) is 2.64. The molecule has 0 aliphatic carbocycles. The van der Waals surface area contributed by atoms with Gasteiger partial charge in [-0.05, 0) is 12.0 Å². The standard InChI is InChI=1S/C14H17N3O4/c1-9(18)17-16-7-6-13(19)11-4-2-10(3-5-11)8-12(15)14(20)21/h2-5,7,12H,6,8,15H2,1H3,(H,17,18)(H,20,21)/b16-7+. The van der Waals surface area contributed by atoms with Crippen LogP contribution in [0.2, 0.25) is 0 Å². The Hall–Kier alpha value is -2.54. The van der Waals surface area contributed by atoms with Gasteiger partial charge in [0.25, 0.3) is 0 Å². The average molecular weight is 291 g/mol. The minimum Gasteiger partial charge on any atom is -0.480 e. The van der Waals surface area contributed by atoms with Gasteiger partial charge in [0.05, 0.1) is 0 Å². The number of aliphatic carboxylic acids is 1. The van der Waals surface area contributed by atoms with Gasteiger partial charge in [0, 0.05) is 25.1 Å². The van der Waals surface area contributed by atoms with Gasteiger partial charge in [0.15, 0.2) is 5.78 Å². The van der Waals surface area contributed by atoms with Gasteiger partial charge in [-0.2, -0.15) is 5.10 Å². The number of Topliss-reactive ketones (excluding diaryl/α,β-unsaturated/α-hetero) is 1. The summed E-state index contributed by atoms with van der Waals surface area (Å²) in [7, 11) is 0. The van der Waals surface area contributed by atoms with E-state index in [0.29, 0.717) is 5.56 Å². The first kappa shape index (κ1) is 16.5. The summed E-state index contributed by atoms with van der Waals surface area (Å²) in [4.78, 5) is 33.0. The van der Waals surface area contributed by atoms with Crippen molar-refractivity contribution in [2.75, 3.05) is 0 Å².